The van der Waals surface area contributed by atoms with E-state index in [4.69, 9.17) is 4.42 Å². The van der Waals surface area contributed by atoms with Crippen LogP contribution in [0.2, 0.25) is 0 Å². The summed E-state index contributed by atoms with van der Waals surface area (Å²) in [6.45, 7) is 4.94. The summed E-state index contributed by atoms with van der Waals surface area (Å²) in [7, 11) is 0. The predicted octanol–water partition coefficient (Wildman–Crippen LogP) is 2.73. The number of benzene rings is 1. The average molecular weight is 316 g/mol. The second-order valence-electron chi connectivity index (χ2n) is 5.59. The molecule has 2 atom stereocenters. The van der Waals surface area contributed by atoms with Gasteiger partial charge in [0.1, 0.15) is 11.9 Å². The number of amides is 1. The summed E-state index contributed by atoms with van der Waals surface area (Å²) < 4.78 is 5.17. The molecule has 5 nitrogen and oxygen atoms in total. The highest BCUT2D eigenvalue weighted by atomic mass is 16.4. The Hall–Kier alpha value is -2.27. The first-order valence-corrected chi connectivity index (χ1v) is 7.91. The summed E-state index contributed by atoms with van der Waals surface area (Å²) in [6, 6.07) is 13.2. The molecule has 1 aromatic carbocycles. The van der Waals surface area contributed by atoms with E-state index in [0.717, 1.165) is 12.2 Å². The maximum absolute atomic E-state index is 12.2. The lowest BCUT2D eigenvalue weighted by atomic mass is 10.1. The van der Waals surface area contributed by atoms with Gasteiger partial charge < -0.3 is 19.7 Å². The number of aliphatic hydroxyl groups is 1. The van der Waals surface area contributed by atoms with Crippen LogP contribution in [0.4, 0.5) is 5.69 Å². The summed E-state index contributed by atoms with van der Waals surface area (Å²) in [6.07, 6.45) is 1.23. The van der Waals surface area contributed by atoms with Gasteiger partial charge in [-0.1, -0.05) is 18.2 Å². The molecule has 0 saturated heterocycles. The third-order valence-corrected chi connectivity index (χ3v) is 3.69. The number of furan rings is 1. The van der Waals surface area contributed by atoms with Crippen LogP contribution in [0.3, 0.4) is 0 Å². The Balaban J connectivity index is 1.83. The zero-order valence-corrected chi connectivity index (χ0v) is 13.6. The van der Waals surface area contributed by atoms with Crippen LogP contribution in [-0.2, 0) is 4.79 Å². The zero-order chi connectivity index (χ0) is 16.7. The number of nitrogens with one attached hydrogen (secondary N) is 1. The third kappa shape index (κ3) is 5.14. The Morgan fingerprint density at radius 3 is 2.61 bits per heavy atom. The number of likely N-dealkylation sites (N-methyl/N-ethyl adjacent to an activating group) is 1. The second-order valence-corrected chi connectivity index (χ2v) is 5.59. The second kappa shape index (κ2) is 8.39. The maximum atomic E-state index is 12.2. The Bertz CT molecular complexity index is 584. The van der Waals surface area contributed by atoms with Crippen molar-refractivity contribution in [2.75, 3.05) is 18.0 Å². The van der Waals surface area contributed by atoms with E-state index in [1.165, 1.54) is 6.26 Å². The minimum absolute atomic E-state index is 0.0603. The molecule has 0 aliphatic heterocycles. The first-order valence-electron chi connectivity index (χ1n) is 7.91. The number of hydrogen-bond acceptors (Lipinski definition) is 4. The summed E-state index contributed by atoms with van der Waals surface area (Å²) in [5, 5.41) is 13.0. The lowest BCUT2D eigenvalue weighted by Crippen LogP contribution is -2.41. The molecule has 0 fully saturated rings. The fraction of sp³-hybridized carbons (Fsp3) is 0.389. The number of hydrogen-bond donors (Lipinski definition) is 2. The summed E-state index contributed by atoms with van der Waals surface area (Å²) >= 11 is 0. The molecule has 2 aromatic rings. The standard InChI is InChI=1S/C18H24N2O3/c1-3-20(15-8-5-4-6-9-15)13-18(22)19-14(2)12-16(21)17-10-7-11-23-17/h4-11,14,16,21H,3,12-13H2,1-2H3,(H,19,22). The van der Waals surface area contributed by atoms with Crippen molar-refractivity contribution in [1.29, 1.82) is 0 Å². The molecular weight excluding hydrogens is 292 g/mol. The van der Waals surface area contributed by atoms with E-state index in [-0.39, 0.29) is 11.9 Å². The third-order valence-electron chi connectivity index (χ3n) is 3.69. The maximum Gasteiger partial charge on any atom is 0.239 e. The number of carbonyl (C=O) groups is 1. The van der Waals surface area contributed by atoms with Crippen LogP contribution in [0.1, 0.15) is 32.1 Å². The van der Waals surface area contributed by atoms with Gasteiger partial charge in [-0.25, -0.2) is 0 Å². The molecular formula is C18H24N2O3. The Morgan fingerprint density at radius 2 is 2.00 bits per heavy atom. The van der Waals surface area contributed by atoms with Crippen molar-refractivity contribution < 1.29 is 14.3 Å². The van der Waals surface area contributed by atoms with E-state index < -0.39 is 6.10 Å². The molecule has 2 rings (SSSR count). The summed E-state index contributed by atoms with van der Waals surface area (Å²) in [5.41, 5.74) is 1.02. The molecule has 0 aliphatic rings. The lowest BCUT2D eigenvalue weighted by Gasteiger charge is -2.24. The molecule has 5 heteroatoms. The molecule has 0 bridgehead atoms. The van der Waals surface area contributed by atoms with Crippen molar-refractivity contribution in [2.24, 2.45) is 0 Å². The van der Waals surface area contributed by atoms with Crippen molar-refractivity contribution in [3.05, 3.63) is 54.5 Å². The van der Waals surface area contributed by atoms with Crippen LogP contribution in [0.15, 0.2) is 53.1 Å². The van der Waals surface area contributed by atoms with Gasteiger partial charge in [-0.2, -0.15) is 0 Å². The van der Waals surface area contributed by atoms with Gasteiger partial charge in [-0.15, -0.1) is 0 Å². The van der Waals surface area contributed by atoms with Gasteiger partial charge in [-0.05, 0) is 38.1 Å². The molecule has 0 radical (unpaired) electrons. The monoisotopic (exact) mass is 316 g/mol. The fourth-order valence-electron chi connectivity index (χ4n) is 2.51. The summed E-state index contributed by atoms with van der Waals surface area (Å²) in [5.74, 6) is 0.459. The number of anilines is 1. The Kier molecular flexibility index (Phi) is 6.23. The van der Waals surface area contributed by atoms with Crippen LogP contribution in [0.5, 0.6) is 0 Å². The van der Waals surface area contributed by atoms with Crippen LogP contribution in [-0.4, -0.2) is 30.1 Å². The fourth-order valence-corrected chi connectivity index (χ4v) is 2.51. The van der Waals surface area contributed by atoms with Crippen LogP contribution in [0, 0.1) is 0 Å². The van der Waals surface area contributed by atoms with Crippen LogP contribution in [0.25, 0.3) is 0 Å². The minimum Gasteiger partial charge on any atom is -0.467 e. The van der Waals surface area contributed by atoms with Crippen molar-refractivity contribution in [1.82, 2.24) is 5.32 Å². The highest BCUT2D eigenvalue weighted by molar-refractivity contribution is 5.81. The van der Waals surface area contributed by atoms with Crippen LogP contribution >= 0.6 is 0 Å². The highest BCUT2D eigenvalue weighted by Crippen LogP contribution is 2.18. The number of nitrogens with zero attached hydrogens (tertiary/aromatic N) is 1. The van der Waals surface area contributed by atoms with Gasteiger partial charge >= 0.3 is 0 Å². The van der Waals surface area contributed by atoms with E-state index in [0.29, 0.717) is 18.7 Å². The lowest BCUT2D eigenvalue weighted by molar-refractivity contribution is -0.120. The van der Waals surface area contributed by atoms with Gasteiger partial charge in [0.05, 0.1) is 12.8 Å². The van der Waals surface area contributed by atoms with Gasteiger partial charge in [0.25, 0.3) is 0 Å². The van der Waals surface area contributed by atoms with E-state index in [1.807, 2.05) is 49.1 Å². The molecule has 124 valence electrons. The molecule has 1 heterocycles. The van der Waals surface area contributed by atoms with Crippen molar-refractivity contribution in [2.45, 2.75) is 32.4 Å². The van der Waals surface area contributed by atoms with Gasteiger partial charge in [0.2, 0.25) is 5.91 Å². The minimum atomic E-state index is -0.711. The smallest absolute Gasteiger partial charge is 0.239 e. The SMILES string of the molecule is CCN(CC(=O)NC(C)CC(O)c1ccco1)c1ccccc1. The molecule has 1 amide bonds. The molecule has 23 heavy (non-hydrogen) atoms. The average Bonchev–Trinajstić information content (AvgIpc) is 3.07. The summed E-state index contributed by atoms with van der Waals surface area (Å²) in [4.78, 5) is 14.2. The molecule has 0 aliphatic carbocycles. The molecule has 2 unspecified atom stereocenters. The Morgan fingerprint density at radius 1 is 1.26 bits per heavy atom. The molecule has 2 N–H and O–H groups in total. The van der Waals surface area contributed by atoms with Gasteiger partial charge in [-0.3, -0.25) is 4.79 Å². The normalized spacial score (nSPS) is 13.3. The molecule has 0 spiro atoms. The number of para-hydroxylation sites is 1. The van der Waals surface area contributed by atoms with E-state index >= 15 is 0 Å². The highest BCUT2D eigenvalue weighted by Gasteiger charge is 2.17. The van der Waals surface area contributed by atoms with E-state index in [1.54, 1.807) is 12.1 Å². The topological polar surface area (TPSA) is 65.7 Å². The Labute approximate surface area is 136 Å². The van der Waals surface area contributed by atoms with Crippen molar-refractivity contribution in [3.63, 3.8) is 0 Å². The van der Waals surface area contributed by atoms with Gasteiger partial charge in [0, 0.05) is 24.7 Å². The quantitative estimate of drug-likeness (QED) is 0.786. The molecule has 1 aromatic heterocycles. The van der Waals surface area contributed by atoms with E-state index in [2.05, 4.69) is 5.32 Å². The number of rotatable bonds is 8. The van der Waals surface area contributed by atoms with E-state index in [9.17, 15) is 9.90 Å². The molecule has 0 saturated carbocycles. The number of carbonyl (C=O) groups excluding carboxylic acids is 1. The van der Waals surface area contributed by atoms with Crippen molar-refractivity contribution >= 4 is 11.6 Å². The largest absolute Gasteiger partial charge is 0.467 e. The zero-order valence-electron chi connectivity index (χ0n) is 13.6. The van der Waals surface area contributed by atoms with Crippen LogP contribution < -0.4 is 10.2 Å². The predicted molar refractivity (Wildman–Crippen MR) is 90.2 cm³/mol. The van der Waals surface area contributed by atoms with Crippen molar-refractivity contribution in [3.8, 4) is 0 Å². The first kappa shape index (κ1) is 17.1. The van der Waals surface area contributed by atoms with Gasteiger partial charge in [0.15, 0.2) is 0 Å². The number of aliphatic hydroxyl groups excluding tert-OH is 1. The first-order chi connectivity index (χ1) is 11.1.